The molecule has 0 unspecified atom stereocenters. The Morgan fingerprint density at radius 2 is 2.20 bits per heavy atom. The maximum Gasteiger partial charge on any atom is 0.180 e. The average Bonchev–Trinajstić information content (AvgIpc) is 2.49. The molecule has 0 fully saturated rings. The molecule has 0 amide bonds. The first-order valence-electron chi connectivity index (χ1n) is 4.25. The van der Waals surface area contributed by atoms with Crippen molar-refractivity contribution in [1.82, 2.24) is 4.98 Å². The predicted molar refractivity (Wildman–Crippen MR) is 64.4 cm³/mol. The van der Waals surface area contributed by atoms with Crippen LogP contribution in [0.5, 0.6) is 0 Å². The lowest BCUT2D eigenvalue weighted by Gasteiger charge is -2.04. The molecule has 0 saturated carbocycles. The van der Waals surface area contributed by atoms with E-state index >= 15 is 0 Å². The first-order chi connectivity index (χ1) is 7.08. The topological polar surface area (TPSA) is 38.9 Å². The molecule has 5 heteroatoms. The van der Waals surface area contributed by atoms with E-state index in [2.05, 4.69) is 20.9 Å². The Morgan fingerprint density at radius 3 is 2.73 bits per heavy atom. The summed E-state index contributed by atoms with van der Waals surface area (Å²) in [7, 11) is 0. The van der Waals surface area contributed by atoms with Gasteiger partial charge in [-0.15, -0.1) is 0 Å². The zero-order chi connectivity index (χ0) is 11.0. The van der Waals surface area contributed by atoms with Crippen molar-refractivity contribution in [3.8, 4) is 10.4 Å². The van der Waals surface area contributed by atoms with E-state index in [0.29, 0.717) is 10.7 Å². The first kappa shape index (κ1) is 10.6. The second kappa shape index (κ2) is 3.90. The van der Waals surface area contributed by atoms with Gasteiger partial charge in [0, 0.05) is 16.2 Å². The number of aromatic nitrogens is 1. The molecule has 0 bridgehead atoms. The number of halogens is 2. The van der Waals surface area contributed by atoms with E-state index in [1.165, 1.54) is 17.4 Å². The molecule has 0 aliphatic carbocycles. The number of hydrogen-bond acceptors (Lipinski definition) is 3. The number of thiazole rings is 1. The summed E-state index contributed by atoms with van der Waals surface area (Å²) >= 11 is 4.61. The Hall–Kier alpha value is -0.940. The molecule has 0 atom stereocenters. The van der Waals surface area contributed by atoms with Crippen LogP contribution < -0.4 is 5.73 Å². The normalized spacial score (nSPS) is 10.6. The number of anilines is 1. The van der Waals surface area contributed by atoms with Crippen molar-refractivity contribution in [2.24, 2.45) is 0 Å². The predicted octanol–water partition coefficient (Wildman–Crippen LogP) is 3.60. The van der Waals surface area contributed by atoms with Gasteiger partial charge in [-0.25, -0.2) is 9.37 Å². The van der Waals surface area contributed by atoms with E-state index < -0.39 is 0 Å². The van der Waals surface area contributed by atoms with E-state index in [-0.39, 0.29) is 5.82 Å². The minimum Gasteiger partial charge on any atom is -0.375 e. The SMILES string of the molecule is Cc1cc(F)c(-c2cnc(N)s2)c(Br)c1. The summed E-state index contributed by atoms with van der Waals surface area (Å²) in [5.74, 6) is -0.259. The number of nitrogen functional groups attached to an aromatic ring is 1. The van der Waals surface area contributed by atoms with Crippen molar-refractivity contribution in [3.05, 3.63) is 34.2 Å². The number of aryl methyl sites for hydroxylation is 1. The molecule has 78 valence electrons. The van der Waals surface area contributed by atoms with Gasteiger partial charge in [0.1, 0.15) is 5.82 Å². The largest absolute Gasteiger partial charge is 0.375 e. The first-order valence-corrected chi connectivity index (χ1v) is 5.86. The Morgan fingerprint density at radius 1 is 1.47 bits per heavy atom. The van der Waals surface area contributed by atoms with Gasteiger partial charge in [0.05, 0.1) is 4.88 Å². The Bertz CT molecular complexity index is 487. The van der Waals surface area contributed by atoms with Crippen LogP contribution in [0.4, 0.5) is 9.52 Å². The molecule has 0 aliphatic rings. The number of nitrogens with zero attached hydrogens (tertiary/aromatic N) is 1. The number of hydrogen-bond donors (Lipinski definition) is 1. The van der Waals surface area contributed by atoms with E-state index in [1.54, 1.807) is 6.20 Å². The van der Waals surface area contributed by atoms with Crippen LogP contribution in [0.3, 0.4) is 0 Å². The van der Waals surface area contributed by atoms with Gasteiger partial charge in [-0.2, -0.15) is 0 Å². The molecule has 0 aliphatic heterocycles. The van der Waals surface area contributed by atoms with Gasteiger partial charge >= 0.3 is 0 Å². The van der Waals surface area contributed by atoms with Crippen molar-refractivity contribution >= 4 is 32.4 Å². The summed E-state index contributed by atoms with van der Waals surface area (Å²) in [5.41, 5.74) is 6.91. The number of nitrogens with two attached hydrogens (primary N) is 1. The van der Waals surface area contributed by atoms with Crippen molar-refractivity contribution in [3.63, 3.8) is 0 Å². The minimum atomic E-state index is -0.259. The van der Waals surface area contributed by atoms with E-state index in [0.717, 1.165) is 14.9 Å². The summed E-state index contributed by atoms with van der Waals surface area (Å²) < 4.78 is 14.4. The monoisotopic (exact) mass is 286 g/mol. The third-order valence-electron chi connectivity index (χ3n) is 1.96. The Kier molecular flexibility index (Phi) is 2.75. The molecule has 0 saturated heterocycles. The van der Waals surface area contributed by atoms with Crippen LogP contribution in [0.15, 0.2) is 22.8 Å². The summed E-state index contributed by atoms with van der Waals surface area (Å²) in [6.45, 7) is 1.85. The molecular weight excluding hydrogens is 279 g/mol. The Labute approximate surface area is 99.1 Å². The van der Waals surface area contributed by atoms with Crippen LogP contribution in [0.1, 0.15) is 5.56 Å². The third-order valence-corrected chi connectivity index (χ3v) is 3.43. The summed E-state index contributed by atoms with van der Waals surface area (Å²) in [6.07, 6.45) is 1.58. The standard InChI is InChI=1S/C10H8BrFN2S/c1-5-2-6(11)9(7(12)3-5)8-4-14-10(13)15-8/h2-4H,1H3,(H2,13,14). The molecule has 1 heterocycles. The van der Waals surface area contributed by atoms with Crippen LogP contribution >= 0.6 is 27.3 Å². The van der Waals surface area contributed by atoms with Crippen LogP contribution in [0, 0.1) is 12.7 Å². The quantitative estimate of drug-likeness (QED) is 0.870. The fraction of sp³-hybridized carbons (Fsp3) is 0.100. The highest BCUT2D eigenvalue weighted by Gasteiger charge is 2.12. The third kappa shape index (κ3) is 2.03. The minimum absolute atomic E-state index is 0.259. The molecule has 1 aromatic heterocycles. The molecule has 2 nitrogen and oxygen atoms in total. The van der Waals surface area contributed by atoms with Crippen molar-refractivity contribution in [1.29, 1.82) is 0 Å². The smallest absolute Gasteiger partial charge is 0.180 e. The average molecular weight is 287 g/mol. The zero-order valence-corrected chi connectivity index (χ0v) is 10.3. The van der Waals surface area contributed by atoms with Gasteiger partial charge in [-0.3, -0.25) is 0 Å². The highest BCUT2D eigenvalue weighted by atomic mass is 79.9. The molecule has 15 heavy (non-hydrogen) atoms. The van der Waals surface area contributed by atoms with Crippen molar-refractivity contribution < 1.29 is 4.39 Å². The van der Waals surface area contributed by atoms with Gasteiger partial charge in [0.25, 0.3) is 0 Å². The fourth-order valence-corrected chi connectivity index (χ4v) is 2.98. The highest BCUT2D eigenvalue weighted by Crippen LogP contribution is 2.35. The van der Waals surface area contributed by atoms with E-state index in [4.69, 9.17) is 5.73 Å². The van der Waals surface area contributed by atoms with Crippen molar-refractivity contribution in [2.45, 2.75) is 6.92 Å². The van der Waals surface area contributed by atoms with E-state index in [1.807, 2.05) is 13.0 Å². The molecule has 2 rings (SSSR count). The summed E-state index contributed by atoms with van der Waals surface area (Å²) in [5, 5.41) is 0.442. The van der Waals surface area contributed by atoms with Gasteiger partial charge in [-0.1, -0.05) is 27.3 Å². The molecule has 2 aromatic rings. The highest BCUT2D eigenvalue weighted by molar-refractivity contribution is 9.10. The lowest BCUT2D eigenvalue weighted by Crippen LogP contribution is -1.85. The van der Waals surface area contributed by atoms with Crippen LogP contribution in [0.2, 0.25) is 0 Å². The van der Waals surface area contributed by atoms with Gasteiger partial charge in [0.2, 0.25) is 0 Å². The molecule has 0 radical (unpaired) electrons. The number of benzene rings is 1. The summed E-state index contributed by atoms with van der Waals surface area (Å²) in [4.78, 5) is 4.64. The van der Waals surface area contributed by atoms with Gasteiger partial charge < -0.3 is 5.73 Å². The second-order valence-electron chi connectivity index (χ2n) is 3.17. The van der Waals surface area contributed by atoms with Crippen LogP contribution in [-0.4, -0.2) is 4.98 Å². The lowest BCUT2D eigenvalue weighted by atomic mass is 10.1. The van der Waals surface area contributed by atoms with E-state index in [9.17, 15) is 4.39 Å². The Balaban J connectivity index is 2.62. The maximum absolute atomic E-state index is 13.7. The van der Waals surface area contributed by atoms with Gasteiger partial charge in [0.15, 0.2) is 5.13 Å². The van der Waals surface area contributed by atoms with Crippen LogP contribution in [-0.2, 0) is 0 Å². The zero-order valence-electron chi connectivity index (χ0n) is 7.92. The molecule has 0 spiro atoms. The summed E-state index contributed by atoms with van der Waals surface area (Å²) in [6, 6.07) is 3.37. The molecule has 1 aromatic carbocycles. The molecule has 2 N–H and O–H groups in total. The maximum atomic E-state index is 13.7. The van der Waals surface area contributed by atoms with Gasteiger partial charge in [-0.05, 0) is 24.6 Å². The second-order valence-corrected chi connectivity index (χ2v) is 5.08. The lowest BCUT2D eigenvalue weighted by molar-refractivity contribution is 0.629. The molecular formula is C10H8BrFN2S. The fourth-order valence-electron chi connectivity index (χ4n) is 1.34. The van der Waals surface area contributed by atoms with Crippen LogP contribution in [0.25, 0.3) is 10.4 Å². The van der Waals surface area contributed by atoms with Crippen molar-refractivity contribution in [2.75, 3.05) is 5.73 Å². The number of rotatable bonds is 1.